The lowest BCUT2D eigenvalue weighted by Gasteiger charge is -2.19. The van der Waals surface area contributed by atoms with Crippen molar-refractivity contribution in [2.75, 3.05) is 0 Å². The van der Waals surface area contributed by atoms with Gasteiger partial charge in [-0.3, -0.25) is 0 Å². The monoisotopic (exact) mass is 215 g/mol. The molecule has 0 aliphatic rings. The van der Waals surface area contributed by atoms with E-state index in [9.17, 15) is 9.90 Å². The van der Waals surface area contributed by atoms with Gasteiger partial charge in [-0.25, -0.2) is 9.78 Å². The molecule has 1 aromatic heterocycles. The second-order valence-corrected chi connectivity index (χ2v) is 3.75. The molecule has 0 amide bonds. The minimum Gasteiger partial charge on any atom is -0.478 e. The Balaban J connectivity index is 3.44. The lowest BCUT2D eigenvalue weighted by molar-refractivity contribution is 0.0629. The van der Waals surface area contributed by atoms with Crippen molar-refractivity contribution in [1.82, 2.24) is 4.98 Å². The quantitative estimate of drug-likeness (QED) is 0.737. The van der Waals surface area contributed by atoms with Gasteiger partial charge in [0.25, 0.3) is 0 Å². The zero-order valence-electron chi connectivity index (χ0n) is 7.78. The van der Waals surface area contributed by atoms with Gasteiger partial charge in [-0.2, -0.15) is 0 Å². The number of rotatable bonds is 2. The van der Waals surface area contributed by atoms with E-state index in [2.05, 4.69) is 4.98 Å². The largest absolute Gasteiger partial charge is 0.478 e. The Morgan fingerprint density at radius 2 is 2.14 bits per heavy atom. The third kappa shape index (κ3) is 2.02. The highest BCUT2D eigenvalue weighted by atomic mass is 35.5. The first-order valence-corrected chi connectivity index (χ1v) is 4.32. The SMILES string of the molecule is CC(C)(O)c1ccnc(Cl)c1C(=O)O. The van der Waals surface area contributed by atoms with Crippen LogP contribution in [0.1, 0.15) is 29.8 Å². The van der Waals surface area contributed by atoms with Crippen LogP contribution in [0, 0.1) is 0 Å². The summed E-state index contributed by atoms with van der Waals surface area (Å²) in [5.41, 5.74) is -1.15. The van der Waals surface area contributed by atoms with Crippen LogP contribution in [0.2, 0.25) is 5.15 Å². The van der Waals surface area contributed by atoms with Crippen molar-refractivity contribution in [3.8, 4) is 0 Å². The lowest BCUT2D eigenvalue weighted by Crippen LogP contribution is -2.20. The molecule has 4 nitrogen and oxygen atoms in total. The van der Waals surface area contributed by atoms with Crippen molar-refractivity contribution < 1.29 is 15.0 Å². The molecular formula is C9H10ClNO3. The molecule has 1 rings (SSSR count). The first-order valence-electron chi connectivity index (χ1n) is 3.94. The molecule has 0 saturated carbocycles. The first-order chi connectivity index (χ1) is 6.34. The van der Waals surface area contributed by atoms with Crippen molar-refractivity contribution >= 4 is 17.6 Å². The molecule has 0 fully saturated rings. The van der Waals surface area contributed by atoms with Crippen molar-refractivity contribution in [3.63, 3.8) is 0 Å². The number of carboxylic acid groups (broad SMARTS) is 1. The number of hydrogen-bond acceptors (Lipinski definition) is 3. The number of halogens is 1. The fourth-order valence-electron chi connectivity index (χ4n) is 1.15. The highest BCUT2D eigenvalue weighted by molar-refractivity contribution is 6.32. The number of hydrogen-bond donors (Lipinski definition) is 2. The summed E-state index contributed by atoms with van der Waals surface area (Å²) in [5, 5.41) is 18.5. The maximum atomic E-state index is 10.9. The Kier molecular flexibility index (Phi) is 2.78. The number of aromatic carboxylic acids is 1. The Hall–Kier alpha value is -1.13. The molecule has 0 aromatic carbocycles. The second kappa shape index (κ2) is 3.55. The van der Waals surface area contributed by atoms with Crippen molar-refractivity contribution in [2.45, 2.75) is 19.4 Å². The normalized spacial score (nSPS) is 11.4. The van der Waals surface area contributed by atoms with Crippen LogP contribution in [0.3, 0.4) is 0 Å². The van der Waals surface area contributed by atoms with Gasteiger partial charge in [0, 0.05) is 11.8 Å². The molecular weight excluding hydrogens is 206 g/mol. The molecule has 0 aliphatic carbocycles. The average Bonchev–Trinajstić information content (AvgIpc) is 2.01. The summed E-state index contributed by atoms with van der Waals surface area (Å²) in [4.78, 5) is 14.5. The summed E-state index contributed by atoms with van der Waals surface area (Å²) in [6.45, 7) is 2.98. The third-order valence-electron chi connectivity index (χ3n) is 1.78. The zero-order valence-corrected chi connectivity index (χ0v) is 8.54. The van der Waals surface area contributed by atoms with Gasteiger partial charge in [-0.15, -0.1) is 0 Å². The number of pyridine rings is 1. The maximum Gasteiger partial charge on any atom is 0.339 e. The zero-order chi connectivity index (χ0) is 10.9. The molecule has 1 heterocycles. The number of nitrogens with zero attached hydrogens (tertiary/aromatic N) is 1. The van der Waals surface area contributed by atoms with Crippen LogP contribution in [0.15, 0.2) is 12.3 Å². The Morgan fingerprint density at radius 1 is 1.57 bits per heavy atom. The van der Waals surface area contributed by atoms with E-state index >= 15 is 0 Å². The predicted octanol–water partition coefficient (Wildman–Crippen LogP) is 1.66. The van der Waals surface area contributed by atoms with E-state index in [4.69, 9.17) is 16.7 Å². The van der Waals surface area contributed by atoms with E-state index in [1.165, 1.54) is 26.1 Å². The van der Waals surface area contributed by atoms with Crippen molar-refractivity contribution in [3.05, 3.63) is 28.5 Å². The Morgan fingerprint density at radius 3 is 2.50 bits per heavy atom. The molecule has 0 spiro atoms. The van der Waals surface area contributed by atoms with Crippen LogP contribution in [0.5, 0.6) is 0 Å². The number of aromatic nitrogens is 1. The fraction of sp³-hybridized carbons (Fsp3) is 0.333. The summed E-state index contributed by atoms with van der Waals surface area (Å²) in [7, 11) is 0. The molecule has 76 valence electrons. The lowest BCUT2D eigenvalue weighted by atomic mass is 9.95. The van der Waals surface area contributed by atoms with Gasteiger partial charge >= 0.3 is 5.97 Å². The second-order valence-electron chi connectivity index (χ2n) is 3.39. The van der Waals surface area contributed by atoms with Gasteiger partial charge in [-0.1, -0.05) is 11.6 Å². The van der Waals surface area contributed by atoms with E-state index in [0.717, 1.165) is 0 Å². The molecule has 14 heavy (non-hydrogen) atoms. The van der Waals surface area contributed by atoms with Gasteiger partial charge in [0.2, 0.25) is 0 Å². The van der Waals surface area contributed by atoms with Gasteiger partial charge < -0.3 is 10.2 Å². The van der Waals surface area contributed by atoms with Crippen molar-refractivity contribution in [2.24, 2.45) is 0 Å². The number of carbonyl (C=O) groups is 1. The van der Waals surface area contributed by atoms with E-state index < -0.39 is 11.6 Å². The van der Waals surface area contributed by atoms with Gasteiger partial charge in [0.05, 0.1) is 5.60 Å². The summed E-state index contributed by atoms with van der Waals surface area (Å²) >= 11 is 5.63. The van der Waals surface area contributed by atoms with Crippen LogP contribution < -0.4 is 0 Å². The summed E-state index contributed by atoms with van der Waals surface area (Å²) in [6, 6.07) is 1.44. The highest BCUT2D eigenvalue weighted by Crippen LogP contribution is 2.27. The first kappa shape index (κ1) is 10.9. The Labute approximate surface area is 86.2 Å². The van der Waals surface area contributed by atoms with E-state index in [-0.39, 0.29) is 16.3 Å². The predicted molar refractivity (Wildman–Crippen MR) is 51.5 cm³/mol. The molecule has 0 aliphatic heterocycles. The molecule has 0 saturated heterocycles. The summed E-state index contributed by atoms with van der Waals surface area (Å²) in [6.07, 6.45) is 1.36. The van der Waals surface area contributed by atoms with Crippen LogP contribution in [-0.4, -0.2) is 21.2 Å². The molecule has 0 bridgehead atoms. The Bertz CT molecular complexity index is 371. The highest BCUT2D eigenvalue weighted by Gasteiger charge is 2.25. The number of aliphatic hydroxyl groups is 1. The molecule has 0 radical (unpaired) electrons. The molecule has 2 N–H and O–H groups in total. The van der Waals surface area contributed by atoms with Crippen LogP contribution in [0.25, 0.3) is 0 Å². The van der Waals surface area contributed by atoms with Crippen LogP contribution >= 0.6 is 11.6 Å². The van der Waals surface area contributed by atoms with Gasteiger partial charge in [0.15, 0.2) is 0 Å². The molecule has 1 aromatic rings. The van der Waals surface area contributed by atoms with Gasteiger partial charge in [-0.05, 0) is 19.9 Å². The van der Waals surface area contributed by atoms with E-state index in [1.807, 2.05) is 0 Å². The molecule has 0 unspecified atom stereocenters. The van der Waals surface area contributed by atoms with E-state index in [0.29, 0.717) is 0 Å². The smallest absolute Gasteiger partial charge is 0.339 e. The number of carboxylic acids is 1. The standard InChI is InChI=1S/C9H10ClNO3/c1-9(2,14)5-3-4-11-7(10)6(5)8(12)13/h3-4,14H,1-2H3,(H,12,13). The molecule has 5 heteroatoms. The van der Waals surface area contributed by atoms with Gasteiger partial charge in [0.1, 0.15) is 10.7 Å². The van der Waals surface area contributed by atoms with E-state index in [1.54, 1.807) is 0 Å². The fourth-order valence-corrected chi connectivity index (χ4v) is 1.39. The van der Waals surface area contributed by atoms with Crippen molar-refractivity contribution in [1.29, 1.82) is 0 Å². The molecule has 0 atom stereocenters. The third-order valence-corrected chi connectivity index (χ3v) is 2.06. The van der Waals surface area contributed by atoms with Crippen LogP contribution in [-0.2, 0) is 5.60 Å². The average molecular weight is 216 g/mol. The topological polar surface area (TPSA) is 70.4 Å². The minimum absolute atomic E-state index is 0.114. The van der Waals surface area contributed by atoms with Crippen LogP contribution in [0.4, 0.5) is 0 Å². The summed E-state index contributed by atoms with van der Waals surface area (Å²) in [5.74, 6) is -1.19. The minimum atomic E-state index is -1.25. The summed E-state index contributed by atoms with van der Waals surface area (Å²) < 4.78 is 0. The maximum absolute atomic E-state index is 10.9.